The van der Waals surface area contributed by atoms with Crippen LogP contribution >= 0.6 is 23.4 Å². The molecule has 2 aromatic heterocycles. The molecule has 0 fully saturated rings. The average Bonchev–Trinajstić information content (AvgIpc) is 3.16. The second-order valence-electron chi connectivity index (χ2n) is 5.75. The summed E-state index contributed by atoms with van der Waals surface area (Å²) < 4.78 is 18.3. The molecule has 2 aromatic carbocycles. The van der Waals surface area contributed by atoms with Gasteiger partial charge in [-0.3, -0.25) is 4.79 Å². The standard InChI is InChI=1S/C19H12ClFN4O2S/c20-13-5-1-12(2-6-13)18-24-17(27-25-18)10-28-19-22-15(9-16(26)23-19)11-3-7-14(21)8-4-11/h1-9H,10H2,(H,22,23,26). The van der Waals surface area contributed by atoms with Gasteiger partial charge >= 0.3 is 0 Å². The Bertz CT molecular complexity index is 1160. The maximum Gasteiger partial charge on any atom is 0.252 e. The van der Waals surface area contributed by atoms with Crippen LogP contribution in [0, 0.1) is 5.82 Å². The summed E-state index contributed by atoms with van der Waals surface area (Å²) in [6, 6.07) is 14.2. The topological polar surface area (TPSA) is 84.7 Å². The second-order valence-corrected chi connectivity index (χ2v) is 7.15. The molecule has 9 heteroatoms. The lowest BCUT2D eigenvalue weighted by molar-refractivity contribution is 0.391. The van der Waals surface area contributed by atoms with Crippen LogP contribution in [0.3, 0.4) is 0 Å². The second kappa shape index (κ2) is 7.95. The quantitative estimate of drug-likeness (QED) is 0.380. The number of nitrogens with one attached hydrogen (secondary N) is 1. The number of H-pyrrole nitrogens is 1. The van der Waals surface area contributed by atoms with Gasteiger partial charge in [-0.25, -0.2) is 9.37 Å². The number of hydrogen-bond donors (Lipinski definition) is 1. The van der Waals surface area contributed by atoms with Crippen LogP contribution in [-0.2, 0) is 5.75 Å². The summed E-state index contributed by atoms with van der Waals surface area (Å²) in [6.07, 6.45) is 0. The molecule has 1 N–H and O–H groups in total. The van der Waals surface area contributed by atoms with Gasteiger partial charge in [0.05, 0.1) is 11.4 Å². The van der Waals surface area contributed by atoms with Gasteiger partial charge in [0.25, 0.3) is 5.56 Å². The molecule has 0 spiro atoms. The van der Waals surface area contributed by atoms with E-state index in [1.54, 1.807) is 36.4 Å². The third-order valence-electron chi connectivity index (χ3n) is 3.76. The SMILES string of the molecule is O=c1cc(-c2ccc(F)cc2)nc(SCc2nc(-c3ccc(Cl)cc3)no2)[nH]1. The van der Waals surface area contributed by atoms with Crippen LogP contribution in [-0.4, -0.2) is 20.1 Å². The highest BCUT2D eigenvalue weighted by Gasteiger charge is 2.11. The first-order chi connectivity index (χ1) is 13.6. The van der Waals surface area contributed by atoms with Gasteiger partial charge in [-0.05, 0) is 48.5 Å². The van der Waals surface area contributed by atoms with Crippen molar-refractivity contribution in [3.63, 3.8) is 0 Å². The number of hydrogen-bond acceptors (Lipinski definition) is 6. The molecule has 0 aliphatic heterocycles. The van der Waals surface area contributed by atoms with Crippen molar-refractivity contribution < 1.29 is 8.91 Å². The number of nitrogens with zero attached hydrogens (tertiary/aromatic N) is 3. The van der Waals surface area contributed by atoms with E-state index in [0.29, 0.717) is 38.9 Å². The van der Waals surface area contributed by atoms with Crippen LogP contribution in [0.2, 0.25) is 5.02 Å². The first kappa shape index (κ1) is 18.4. The number of halogens is 2. The smallest absolute Gasteiger partial charge is 0.252 e. The van der Waals surface area contributed by atoms with Crippen LogP contribution < -0.4 is 5.56 Å². The maximum atomic E-state index is 13.1. The predicted molar refractivity (Wildman–Crippen MR) is 105 cm³/mol. The molecule has 0 amide bonds. The molecule has 4 rings (SSSR count). The third-order valence-corrected chi connectivity index (χ3v) is 4.87. The molecule has 0 aliphatic carbocycles. The molecule has 0 saturated heterocycles. The number of thioether (sulfide) groups is 1. The normalized spacial score (nSPS) is 10.9. The van der Waals surface area contributed by atoms with Crippen LogP contribution in [0.15, 0.2) is 69.1 Å². The lowest BCUT2D eigenvalue weighted by atomic mass is 10.1. The summed E-state index contributed by atoms with van der Waals surface area (Å²) in [7, 11) is 0. The van der Waals surface area contributed by atoms with E-state index >= 15 is 0 Å². The first-order valence-corrected chi connectivity index (χ1v) is 9.52. The number of aromatic amines is 1. The fraction of sp³-hybridized carbons (Fsp3) is 0.0526. The highest BCUT2D eigenvalue weighted by Crippen LogP contribution is 2.23. The number of benzene rings is 2. The van der Waals surface area contributed by atoms with Crippen LogP contribution in [0.4, 0.5) is 4.39 Å². The Labute approximate surface area is 167 Å². The number of aromatic nitrogens is 4. The fourth-order valence-electron chi connectivity index (χ4n) is 2.43. The van der Waals surface area contributed by atoms with E-state index in [1.165, 1.54) is 30.0 Å². The Hall–Kier alpha value is -2.97. The summed E-state index contributed by atoms with van der Waals surface area (Å²) >= 11 is 7.13. The Morgan fingerprint density at radius 2 is 1.75 bits per heavy atom. The van der Waals surface area contributed by atoms with Gasteiger partial charge in [0.1, 0.15) is 5.82 Å². The molecule has 28 heavy (non-hydrogen) atoms. The lowest BCUT2D eigenvalue weighted by Crippen LogP contribution is -2.08. The minimum Gasteiger partial charge on any atom is -0.338 e. The maximum absolute atomic E-state index is 13.1. The molecule has 0 unspecified atom stereocenters. The Balaban J connectivity index is 1.50. The minimum absolute atomic E-state index is 0.302. The van der Waals surface area contributed by atoms with E-state index in [-0.39, 0.29) is 11.4 Å². The van der Waals surface area contributed by atoms with Crippen molar-refractivity contribution in [2.24, 2.45) is 0 Å². The minimum atomic E-state index is -0.351. The van der Waals surface area contributed by atoms with Gasteiger partial charge in [-0.2, -0.15) is 4.98 Å². The lowest BCUT2D eigenvalue weighted by Gasteiger charge is -2.03. The van der Waals surface area contributed by atoms with Gasteiger partial charge < -0.3 is 9.51 Å². The summed E-state index contributed by atoms with van der Waals surface area (Å²) in [6.45, 7) is 0. The van der Waals surface area contributed by atoms with E-state index in [2.05, 4.69) is 20.1 Å². The van der Waals surface area contributed by atoms with Gasteiger partial charge in [0.15, 0.2) is 5.16 Å². The molecule has 0 bridgehead atoms. The van der Waals surface area contributed by atoms with Crippen molar-refractivity contribution in [1.29, 1.82) is 0 Å². The van der Waals surface area contributed by atoms with Crippen molar-refractivity contribution >= 4 is 23.4 Å². The molecule has 2 heterocycles. The molecule has 6 nitrogen and oxygen atoms in total. The summed E-state index contributed by atoms with van der Waals surface area (Å²) in [5.41, 5.74) is 1.59. The van der Waals surface area contributed by atoms with Crippen molar-refractivity contribution in [2.45, 2.75) is 10.9 Å². The molecule has 0 radical (unpaired) electrons. The van der Waals surface area contributed by atoms with Crippen LogP contribution in [0.5, 0.6) is 0 Å². The van der Waals surface area contributed by atoms with Gasteiger partial charge in [-0.15, -0.1) is 0 Å². The predicted octanol–water partition coefficient (Wildman–Crippen LogP) is 4.57. The van der Waals surface area contributed by atoms with Gasteiger partial charge in [0, 0.05) is 22.2 Å². The van der Waals surface area contributed by atoms with Crippen molar-refractivity contribution in [3.8, 4) is 22.6 Å². The average molecular weight is 415 g/mol. The van der Waals surface area contributed by atoms with Crippen LogP contribution in [0.1, 0.15) is 5.89 Å². The first-order valence-electron chi connectivity index (χ1n) is 8.15. The van der Waals surface area contributed by atoms with Crippen molar-refractivity contribution in [2.75, 3.05) is 0 Å². The van der Waals surface area contributed by atoms with Crippen LogP contribution in [0.25, 0.3) is 22.6 Å². The summed E-state index contributed by atoms with van der Waals surface area (Å²) in [5, 5.41) is 4.97. The van der Waals surface area contributed by atoms with E-state index in [9.17, 15) is 9.18 Å². The summed E-state index contributed by atoms with van der Waals surface area (Å²) in [4.78, 5) is 23.3. The van der Waals surface area contributed by atoms with Gasteiger partial charge in [0.2, 0.25) is 11.7 Å². The zero-order valence-corrected chi connectivity index (χ0v) is 15.8. The summed E-state index contributed by atoms with van der Waals surface area (Å²) in [5.74, 6) is 0.825. The third kappa shape index (κ3) is 4.29. The highest BCUT2D eigenvalue weighted by molar-refractivity contribution is 7.98. The van der Waals surface area contributed by atoms with Crippen molar-refractivity contribution in [3.05, 3.63) is 81.7 Å². The molecule has 0 atom stereocenters. The molecule has 140 valence electrons. The Morgan fingerprint density at radius 3 is 2.50 bits per heavy atom. The molecular weight excluding hydrogens is 403 g/mol. The molecule has 4 aromatic rings. The van der Waals surface area contributed by atoms with Crippen molar-refractivity contribution in [1.82, 2.24) is 20.1 Å². The van der Waals surface area contributed by atoms with E-state index in [4.69, 9.17) is 16.1 Å². The largest absolute Gasteiger partial charge is 0.338 e. The fourth-order valence-corrected chi connectivity index (χ4v) is 3.27. The molecular formula is C19H12ClFN4O2S. The van der Waals surface area contributed by atoms with E-state index in [1.807, 2.05) is 0 Å². The van der Waals surface area contributed by atoms with Gasteiger partial charge in [-0.1, -0.05) is 28.5 Å². The molecule has 0 saturated carbocycles. The van der Waals surface area contributed by atoms with E-state index in [0.717, 1.165) is 5.56 Å². The van der Waals surface area contributed by atoms with E-state index < -0.39 is 0 Å². The molecule has 0 aliphatic rings. The number of rotatable bonds is 5. The highest BCUT2D eigenvalue weighted by atomic mass is 35.5. The zero-order valence-electron chi connectivity index (χ0n) is 14.2. The Kier molecular flexibility index (Phi) is 5.23. The monoisotopic (exact) mass is 414 g/mol. The Morgan fingerprint density at radius 1 is 1.04 bits per heavy atom. The zero-order chi connectivity index (χ0) is 19.5.